The highest BCUT2D eigenvalue weighted by molar-refractivity contribution is 7.99. The minimum atomic E-state index is -0.880. The maximum atomic E-state index is 12.9. The smallest absolute Gasteiger partial charge is 0.246 e. The highest BCUT2D eigenvalue weighted by atomic mass is 32.2. The predicted octanol–water partition coefficient (Wildman–Crippen LogP) is 1.30. The number of carbonyl (C=O) groups excluding carboxylic acids is 2. The second kappa shape index (κ2) is 6.51. The summed E-state index contributed by atoms with van der Waals surface area (Å²) in [4.78, 5) is 28.9. The molecule has 2 amide bonds. The van der Waals surface area contributed by atoms with E-state index in [1.807, 2.05) is 34.6 Å². The van der Waals surface area contributed by atoms with Crippen LogP contribution in [0.3, 0.4) is 0 Å². The molecule has 0 spiro atoms. The van der Waals surface area contributed by atoms with Crippen LogP contribution < -0.4 is 0 Å². The molecule has 2 fully saturated rings. The van der Waals surface area contributed by atoms with Crippen molar-refractivity contribution >= 4 is 34.4 Å². The minimum absolute atomic E-state index is 0.00600. The predicted molar refractivity (Wildman–Crippen MR) is 91.1 cm³/mol. The van der Waals surface area contributed by atoms with Gasteiger partial charge in [-0.25, -0.2) is 0 Å². The van der Waals surface area contributed by atoms with Gasteiger partial charge in [0.1, 0.15) is 6.04 Å². The Balaban J connectivity index is 2.11. The van der Waals surface area contributed by atoms with Gasteiger partial charge < -0.3 is 9.80 Å². The summed E-state index contributed by atoms with van der Waals surface area (Å²) in [6, 6.07) is -0.373. The molecular weight excluding hydrogens is 320 g/mol. The van der Waals surface area contributed by atoms with Gasteiger partial charge in [0.25, 0.3) is 0 Å². The standard InChI is InChI=1S/C15H26N2O3S2/c1-10-6-16(7-11(2)22(10)20)13(18)12-8-21-9-17(12)14(19)15(3,4)5/h10-12H,6-9H2,1-5H3. The quantitative estimate of drug-likeness (QED) is 0.718. The average Bonchev–Trinajstić information content (AvgIpc) is 2.90. The van der Waals surface area contributed by atoms with Crippen molar-refractivity contribution in [1.29, 1.82) is 0 Å². The lowest BCUT2D eigenvalue weighted by Crippen LogP contribution is -2.56. The first-order chi connectivity index (χ1) is 10.1. The molecule has 0 aromatic rings. The SMILES string of the molecule is CC1CN(C(=O)C2CSCN2C(=O)C(C)(C)C)CC(C)S1=O. The highest BCUT2D eigenvalue weighted by Crippen LogP contribution is 2.29. The van der Waals surface area contributed by atoms with Crippen molar-refractivity contribution in [3.8, 4) is 0 Å². The Hall–Kier alpha value is -0.560. The van der Waals surface area contributed by atoms with Gasteiger partial charge in [0, 0.05) is 45.6 Å². The van der Waals surface area contributed by atoms with Crippen LogP contribution in [0.1, 0.15) is 34.6 Å². The minimum Gasteiger partial charge on any atom is -0.338 e. The van der Waals surface area contributed by atoms with Crippen molar-refractivity contribution in [3.05, 3.63) is 0 Å². The summed E-state index contributed by atoms with van der Waals surface area (Å²) in [7, 11) is -0.880. The molecule has 5 nitrogen and oxygen atoms in total. The zero-order chi connectivity index (χ0) is 16.7. The first-order valence-corrected chi connectivity index (χ1v) is 10.1. The number of rotatable bonds is 1. The van der Waals surface area contributed by atoms with Crippen LogP contribution in [0.15, 0.2) is 0 Å². The molecule has 2 aliphatic heterocycles. The van der Waals surface area contributed by atoms with Gasteiger partial charge >= 0.3 is 0 Å². The summed E-state index contributed by atoms with van der Waals surface area (Å²) in [6.07, 6.45) is 0. The second-order valence-corrected chi connectivity index (χ2v) is 10.5. The van der Waals surface area contributed by atoms with E-state index >= 15 is 0 Å². The van der Waals surface area contributed by atoms with Crippen molar-refractivity contribution in [3.63, 3.8) is 0 Å². The van der Waals surface area contributed by atoms with Crippen LogP contribution >= 0.6 is 11.8 Å². The van der Waals surface area contributed by atoms with Crippen LogP contribution in [0.25, 0.3) is 0 Å². The van der Waals surface area contributed by atoms with Crippen molar-refractivity contribution in [2.45, 2.75) is 51.2 Å². The van der Waals surface area contributed by atoms with Crippen LogP contribution in [-0.2, 0) is 20.4 Å². The fourth-order valence-corrected chi connectivity index (χ4v) is 5.50. The molecule has 2 rings (SSSR count). The Morgan fingerprint density at radius 3 is 2.18 bits per heavy atom. The third kappa shape index (κ3) is 3.50. The van der Waals surface area contributed by atoms with Crippen LogP contribution in [0.2, 0.25) is 0 Å². The van der Waals surface area contributed by atoms with Crippen molar-refractivity contribution in [2.75, 3.05) is 24.7 Å². The Bertz CT molecular complexity index is 476. The molecule has 22 heavy (non-hydrogen) atoms. The molecule has 0 aromatic carbocycles. The average molecular weight is 347 g/mol. The number of hydrogen-bond acceptors (Lipinski definition) is 4. The van der Waals surface area contributed by atoms with E-state index in [4.69, 9.17) is 0 Å². The first-order valence-electron chi connectivity index (χ1n) is 7.70. The zero-order valence-electron chi connectivity index (χ0n) is 14.0. The number of carbonyl (C=O) groups is 2. The molecule has 2 saturated heterocycles. The van der Waals surface area contributed by atoms with Gasteiger partial charge in [0.15, 0.2) is 0 Å². The highest BCUT2D eigenvalue weighted by Gasteiger charge is 2.42. The normalized spacial score (nSPS) is 33.1. The molecule has 0 aromatic heterocycles. The van der Waals surface area contributed by atoms with Gasteiger partial charge in [-0.1, -0.05) is 20.8 Å². The summed E-state index contributed by atoms with van der Waals surface area (Å²) in [5.74, 6) is 1.27. The molecule has 7 heteroatoms. The van der Waals surface area contributed by atoms with Crippen LogP contribution in [0, 0.1) is 5.41 Å². The maximum Gasteiger partial charge on any atom is 0.246 e. The molecule has 0 N–H and O–H groups in total. The Morgan fingerprint density at radius 1 is 1.14 bits per heavy atom. The largest absolute Gasteiger partial charge is 0.338 e. The summed E-state index contributed by atoms with van der Waals surface area (Å²) in [5.41, 5.74) is -0.479. The summed E-state index contributed by atoms with van der Waals surface area (Å²) in [5, 5.41) is -0.0120. The summed E-state index contributed by atoms with van der Waals surface area (Å²) >= 11 is 1.63. The lowest BCUT2D eigenvalue weighted by Gasteiger charge is -2.38. The van der Waals surface area contributed by atoms with Crippen molar-refractivity contribution < 1.29 is 13.8 Å². The van der Waals surface area contributed by atoms with Crippen LogP contribution in [0.5, 0.6) is 0 Å². The van der Waals surface area contributed by atoms with Crippen LogP contribution in [-0.4, -0.2) is 67.1 Å². The van der Waals surface area contributed by atoms with Crippen molar-refractivity contribution in [1.82, 2.24) is 9.80 Å². The summed E-state index contributed by atoms with van der Waals surface area (Å²) < 4.78 is 12.0. The molecule has 0 radical (unpaired) electrons. The van der Waals surface area contributed by atoms with E-state index in [-0.39, 0.29) is 28.4 Å². The van der Waals surface area contributed by atoms with Gasteiger partial charge in [-0.15, -0.1) is 11.8 Å². The third-order valence-corrected chi connectivity index (χ3v) is 7.03. The van der Waals surface area contributed by atoms with E-state index in [2.05, 4.69) is 0 Å². The first kappa shape index (κ1) is 17.8. The molecule has 0 saturated carbocycles. The van der Waals surface area contributed by atoms with E-state index in [0.29, 0.717) is 24.7 Å². The molecule has 0 aliphatic carbocycles. The fourth-order valence-electron chi connectivity index (χ4n) is 2.91. The van der Waals surface area contributed by atoms with Gasteiger partial charge in [0.05, 0.1) is 5.88 Å². The lowest BCUT2D eigenvalue weighted by atomic mass is 9.94. The molecule has 2 aliphatic rings. The number of thioether (sulfide) groups is 1. The summed E-state index contributed by atoms with van der Waals surface area (Å²) in [6.45, 7) is 10.5. The van der Waals surface area contributed by atoms with Gasteiger partial charge in [-0.05, 0) is 13.8 Å². The van der Waals surface area contributed by atoms with Crippen molar-refractivity contribution in [2.24, 2.45) is 5.41 Å². The number of nitrogens with zero attached hydrogens (tertiary/aromatic N) is 2. The Morgan fingerprint density at radius 2 is 1.68 bits per heavy atom. The Kier molecular flexibility index (Phi) is 5.27. The van der Waals surface area contributed by atoms with E-state index in [1.165, 1.54) is 0 Å². The topological polar surface area (TPSA) is 57.7 Å². The monoisotopic (exact) mass is 346 g/mol. The molecule has 2 heterocycles. The number of amides is 2. The van der Waals surface area contributed by atoms with E-state index < -0.39 is 16.2 Å². The second-order valence-electron chi connectivity index (χ2n) is 7.23. The number of hydrogen-bond donors (Lipinski definition) is 0. The molecule has 126 valence electrons. The fraction of sp³-hybridized carbons (Fsp3) is 0.867. The Labute approximate surface area is 139 Å². The van der Waals surface area contributed by atoms with Crippen LogP contribution in [0.4, 0.5) is 0 Å². The molecule has 3 atom stereocenters. The van der Waals surface area contributed by atoms with Gasteiger partial charge in [-0.2, -0.15) is 0 Å². The van der Waals surface area contributed by atoms with E-state index in [1.54, 1.807) is 21.6 Å². The maximum absolute atomic E-state index is 12.9. The lowest BCUT2D eigenvalue weighted by molar-refractivity contribution is -0.148. The zero-order valence-corrected chi connectivity index (χ0v) is 15.6. The van der Waals surface area contributed by atoms with Gasteiger partial charge in [-0.3, -0.25) is 13.8 Å². The van der Waals surface area contributed by atoms with E-state index in [9.17, 15) is 13.8 Å². The molecular formula is C15H26N2O3S2. The third-order valence-electron chi connectivity index (χ3n) is 4.13. The van der Waals surface area contributed by atoms with Gasteiger partial charge in [0.2, 0.25) is 11.8 Å². The van der Waals surface area contributed by atoms with E-state index in [0.717, 1.165) is 0 Å². The molecule has 0 bridgehead atoms. The molecule has 3 unspecified atom stereocenters.